The van der Waals surface area contributed by atoms with Crippen LogP contribution in [0.1, 0.15) is 53.5 Å². The molecule has 1 N–H and O–H groups in total. The van der Waals surface area contributed by atoms with E-state index in [1.54, 1.807) is 11.3 Å². The Morgan fingerprint density at radius 3 is 2.79 bits per heavy atom. The molecule has 1 unspecified atom stereocenters. The number of aromatic nitrogens is 3. The summed E-state index contributed by atoms with van der Waals surface area (Å²) >= 11 is 8.19. The third kappa shape index (κ3) is 3.25. The fraction of sp³-hybridized carbons (Fsp3) is 0.300. The van der Waals surface area contributed by atoms with Crippen molar-refractivity contribution in [3.8, 4) is 5.00 Å². The Morgan fingerprint density at radius 1 is 1.29 bits per heavy atom. The quantitative estimate of drug-likeness (QED) is 0.661. The van der Waals surface area contributed by atoms with Crippen LogP contribution in [0.5, 0.6) is 0 Å². The average Bonchev–Trinajstić information content (AvgIpc) is 3.23. The van der Waals surface area contributed by atoms with Gasteiger partial charge in [0, 0.05) is 27.4 Å². The molecule has 3 heterocycles. The molecule has 6 nitrogen and oxygen atoms in total. The summed E-state index contributed by atoms with van der Waals surface area (Å²) in [6, 6.07) is 9.34. The van der Waals surface area contributed by atoms with Gasteiger partial charge < -0.3 is 5.11 Å². The number of aryl methyl sites for hydroxylation is 2. The highest BCUT2D eigenvalue weighted by atomic mass is 35.5. The molecule has 1 aliphatic rings. The van der Waals surface area contributed by atoms with Crippen LogP contribution < -0.4 is 0 Å². The molecular weight excluding hydrogens is 396 g/mol. The van der Waals surface area contributed by atoms with E-state index in [4.69, 9.17) is 16.6 Å². The van der Waals surface area contributed by atoms with E-state index >= 15 is 0 Å². The molecule has 4 rings (SSSR count). The van der Waals surface area contributed by atoms with Gasteiger partial charge in [-0.15, -0.1) is 21.5 Å². The van der Waals surface area contributed by atoms with Gasteiger partial charge in [0.15, 0.2) is 5.82 Å². The fourth-order valence-electron chi connectivity index (χ4n) is 3.39. The lowest BCUT2D eigenvalue weighted by molar-refractivity contribution is -0.137. The molecule has 8 heteroatoms. The average molecular weight is 415 g/mol. The van der Waals surface area contributed by atoms with Crippen molar-refractivity contribution < 1.29 is 9.90 Å². The Bertz CT molecular complexity index is 1090. The standard InChI is InChI=1S/C20H19ClN4O2S/c1-3-12-10-14-18(13-6-4-5-7-15(13)21)22-16(8-9-17(26)27)19-24-23-11(2)25(19)20(14)28-12/h4-7,10,16H,3,8-9H2,1-2H3,(H,26,27). The summed E-state index contributed by atoms with van der Waals surface area (Å²) in [5.74, 6) is 0.577. The number of carboxylic acid groups (broad SMARTS) is 1. The Kier molecular flexibility index (Phi) is 5.03. The van der Waals surface area contributed by atoms with Crippen molar-refractivity contribution in [3.05, 3.63) is 63.0 Å². The largest absolute Gasteiger partial charge is 0.481 e. The molecule has 1 aliphatic heterocycles. The van der Waals surface area contributed by atoms with Crippen LogP contribution in [0.3, 0.4) is 0 Å². The molecule has 0 amide bonds. The summed E-state index contributed by atoms with van der Waals surface area (Å²) in [7, 11) is 0. The lowest BCUT2D eigenvalue weighted by Crippen LogP contribution is -2.08. The van der Waals surface area contributed by atoms with Gasteiger partial charge in [-0.2, -0.15) is 0 Å². The van der Waals surface area contributed by atoms with Crippen molar-refractivity contribution in [2.45, 2.75) is 39.2 Å². The van der Waals surface area contributed by atoms with Crippen molar-refractivity contribution in [2.75, 3.05) is 0 Å². The van der Waals surface area contributed by atoms with Crippen LogP contribution in [-0.4, -0.2) is 31.6 Å². The number of aliphatic imine (C=N–C) groups is 1. The third-order valence-corrected chi connectivity index (χ3v) is 6.36. The minimum Gasteiger partial charge on any atom is -0.481 e. The Morgan fingerprint density at radius 2 is 2.07 bits per heavy atom. The molecule has 0 saturated heterocycles. The van der Waals surface area contributed by atoms with Crippen molar-refractivity contribution in [1.29, 1.82) is 0 Å². The molecule has 1 atom stereocenters. The summed E-state index contributed by atoms with van der Waals surface area (Å²) < 4.78 is 2.01. The van der Waals surface area contributed by atoms with Crippen molar-refractivity contribution >= 4 is 34.6 Å². The van der Waals surface area contributed by atoms with Gasteiger partial charge in [0.1, 0.15) is 16.9 Å². The second kappa shape index (κ2) is 7.48. The van der Waals surface area contributed by atoms with E-state index in [9.17, 15) is 9.90 Å². The number of fused-ring (bicyclic) bond motifs is 3. The van der Waals surface area contributed by atoms with Crippen LogP contribution >= 0.6 is 22.9 Å². The first kappa shape index (κ1) is 18.8. The molecule has 0 saturated carbocycles. The van der Waals surface area contributed by atoms with E-state index in [1.165, 1.54) is 4.88 Å². The number of thiophene rings is 1. The summed E-state index contributed by atoms with van der Waals surface area (Å²) in [6.45, 7) is 4.02. The summed E-state index contributed by atoms with van der Waals surface area (Å²) in [5.41, 5.74) is 2.59. The zero-order valence-corrected chi connectivity index (χ0v) is 17.1. The minimum atomic E-state index is -0.857. The van der Waals surface area contributed by atoms with Crippen LogP contribution in [-0.2, 0) is 11.2 Å². The molecule has 2 aromatic heterocycles. The predicted molar refractivity (Wildman–Crippen MR) is 110 cm³/mol. The highest BCUT2D eigenvalue weighted by Crippen LogP contribution is 2.38. The number of benzene rings is 1. The van der Waals surface area contributed by atoms with E-state index in [-0.39, 0.29) is 6.42 Å². The maximum absolute atomic E-state index is 11.2. The third-order valence-electron chi connectivity index (χ3n) is 4.76. The van der Waals surface area contributed by atoms with Crippen LogP contribution in [0.2, 0.25) is 5.02 Å². The lowest BCUT2D eigenvalue weighted by atomic mass is 10.0. The molecule has 1 aromatic carbocycles. The van der Waals surface area contributed by atoms with Gasteiger partial charge in [-0.05, 0) is 31.9 Å². The Balaban J connectivity index is 1.97. The zero-order valence-electron chi connectivity index (χ0n) is 15.5. The molecule has 0 aliphatic carbocycles. The van der Waals surface area contributed by atoms with Crippen molar-refractivity contribution in [2.24, 2.45) is 4.99 Å². The smallest absolute Gasteiger partial charge is 0.303 e. The topological polar surface area (TPSA) is 80.4 Å². The Labute approximate surface area is 171 Å². The van der Waals surface area contributed by atoms with Gasteiger partial charge in [-0.3, -0.25) is 14.4 Å². The normalized spacial score (nSPS) is 15.5. The van der Waals surface area contributed by atoms with E-state index in [0.29, 0.717) is 17.3 Å². The zero-order chi connectivity index (χ0) is 19.8. The van der Waals surface area contributed by atoms with Crippen molar-refractivity contribution in [3.63, 3.8) is 0 Å². The highest BCUT2D eigenvalue weighted by Gasteiger charge is 2.30. The summed E-state index contributed by atoms with van der Waals surface area (Å²) in [5, 5.41) is 19.4. The molecule has 28 heavy (non-hydrogen) atoms. The molecule has 0 radical (unpaired) electrons. The van der Waals surface area contributed by atoms with Gasteiger partial charge >= 0.3 is 5.97 Å². The van der Waals surface area contributed by atoms with Crippen LogP contribution in [0.25, 0.3) is 5.00 Å². The monoisotopic (exact) mass is 414 g/mol. The molecule has 0 bridgehead atoms. The SMILES string of the molecule is CCc1cc2c(s1)-n1c(C)nnc1C(CCC(=O)O)N=C2c1ccccc1Cl. The second-order valence-corrected chi connectivity index (χ2v) is 8.15. The molecular formula is C20H19ClN4O2S. The molecule has 0 fully saturated rings. The second-order valence-electron chi connectivity index (χ2n) is 6.63. The number of carboxylic acids is 1. The number of aliphatic carboxylic acids is 1. The highest BCUT2D eigenvalue weighted by molar-refractivity contribution is 7.15. The van der Waals surface area contributed by atoms with Gasteiger partial charge in [0.05, 0.1) is 5.71 Å². The maximum Gasteiger partial charge on any atom is 0.303 e. The van der Waals surface area contributed by atoms with Crippen molar-refractivity contribution in [1.82, 2.24) is 14.8 Å². The van der Waals surface area contributed by atoms with Gasteiger partial charge in [-0.1, -0.05) is 36.7 Å². The number of nitrogens with zero attached hydrogens (tertiary/aromatic N) is 4. The summed E-state index contributed by atoms with van der Waals surface area (Å²) in [4.78, 5) is 17.4. The minimum absolute atomic E-state index is 0.00371. The fourth-order valence-corrected chi connectivity index (χ4v) is 4.77. The first-order valence-corrected chi connectivity index (χ1v) is 10.3. The number of hydrogen-bond donors (Lipinski definition) is 1. The van der Waals surface area contributed by atoms with Crippen LogP contribution in [0, 0.1) is 6.92 Å². The van der Waals surface area contributed by atoms with Crippen LogP contribution in [0.15, 0.2) is 35.3 Å². The van der Waals surface area contributed by atoms with E-state index in [2.05, 4.69) is 23.2 Å². The Hall–Kier alpha value is -2.51. The van der Waals surface area contributed by atoms with E-state index in [1.807, 2.05) is 35.8 Å². The van der Waals surface area contributed by atoms with Gasteiger partial charge in [0.2, 0.25) is 0 Å². The van der Waals surface area contributed by atoms with E-state index < -0.39 is 12.0 Å². The van der Waals surface area contributed by atoms with E-state index in [0.717, 1.165) is 34.1 Å². The number of carbonyl (C=O) groups is 1. The summed E-state index contributed by atoms with van der Waals surface area (Å²) in [6.07, 6.45) is 1.26. The predicted octanol–water partition coefficient (Wildman–Crippen LogP) is 4.61. The molecule has 144 valence electrons. The number of hydrogen-bond acceptors (Lipinski definition) is 5. The molecule has 0 spiro atoms. The first-order valence-electron chi connectivity index (χ1n) is 9.09. The maximum atomic E-state index is 11.2. The van der Waals surface area contributed by atoms with Crippen LogP contribution in [0.4, 0.5) is 0 Å². The van der Waals surface area contributed by atoms with Gasteiger partial charge in [0.25, 0.3) is 0 Å². The molecule has 3 aromatic rings. The van der Waals surface area contributed by atoms with Gasteiger partial charge in [-0.25, -0.2) is 0 Å². The number of rotatable bonds is 5. The lowest BCUT2D eigenvalue weighted by Gasteiger charge is -2.11. The first-order chi connectivity index (χ1) is 13.5. The number of halogens is 1.